The standard InChI is InChI=1S/C9H12BrNO2.C9H11BrO2/c1-2-12-9-7(6-13-11)4-3-5-8(9)10;1-3-12-9-7(10)5-4-6-8(9)11-2/h3-5H,2,6,11H2,1H3;4-6H,3H2,1-2H3. The molecule has 0 fully saturated rings. The predicted octanol–water partition coefficient (Wildman–Crippen LogP) is 5.09. The summed E-state index contributed by atoms with van der Waals surface area (Å²) in [5.74, 6) is 7.33. The molecule has 0 radical (unpaired) electrons. The van der Waals surface area contributed by atoms with E-state index in [4.69, 9.17) is 20.1 Å². The summed E-state index contributed by atoms with van der Waals surface area (Å²) in [4.78, 5) is 4.57. The summed E-state index contributed by atoms with van der Waals surface area (Å²) in [6, 6.07) is 11.5. The fraction of sp³-hybridized carbons (Fsp3) is 0.333. The molecule has 25 heavy (non-hydrogen) atoms. The van der Waals surface area contributed by atoms with E-state index in [9.17, 15) is 0 Å². The first-order chi connectivity index (χ1) is 12.1. The van der Waals surface area contributed by atoms with E-state index in [2.05, 4.69) is 36.7 Å². The van der Waals surface area contributed by atoms with Crippen LogP contribution in [0.15, 0.2) is 45.3 Å². The first kappa shape index (κ1) is 21.8. The van der Waals surface area contributed by atoms with E-state index in [1.807, 2.05) is 50.2 Å². The van der Waals surface area contributed by atoms with Crippen LogP contribution in [0.2, 0.25) is 0 Å². The van der Waals surface area contributed by atoms with Crippen molar-refractivity contribution in [2.45, 2.75) is 20.5 Å². The molecular weight excluding hydrogens is 454 g/mol. The van der Waals surface area contributed by atoms with E-state index in [1.165, 1.54) is 0 Å². The fourth-order valence-corrected chi connectivity index (χ4v) is 2.98. The summed E-state index contributed by atoms with van der Waals surface area (Å²) >= 11 is 6.78. The molecule has 0 aliphatic heterocycles. The Morgan fingerprint density at radius 1 is 0.880 bits per heavy atom. The summed E-state index contributed by atoms with van der Waals surface area (Å²) in [6.07, 6.45) is 0. The first-order valence-electron chi connectivity index (χ1n) is 7.76. The molecule has 0 aromatic heterocycles. The summed E-state index contributed by atoms with van der Waals surface area (Å²) in [5.41, 5.74) is 0.943. The molecule has 0 amide bonds. The van der Waals surface area contributed by atoms with Crippen molar-refractivity contribution in [1.82, 2.24) is 0 Å². The van der Waals surface area contributed by atoms with Crippen LogP contribution in [0.3, 0.4) is 0 Å². The van der Waals surface area contributed by atoms with Gasteiger partial charge in [-0.3, -0.25) is 4.84 Å². The van der Waals surface area contributed by atoms with Crippen molar-refractivity contribution in [2.75, 3.05) is 20.3 Å². The van der Waals surface area contributed by atoms with Gasteiger partial charge < -0.3 is 14.2 Å². The van der Waals surface area contributed by atoms with Crippen molar-refractivity contribution in [3.05, 3.63) is 50.9 Å². The van der Waals surface area contributed by atoms with Gasteiger partial charge >= 0.3 is 0 Å². The molecule has 5 nitrogen and oxygen atoms in total. The molecule has 2 aromatic rings. The lowest BCUT2D eigenvalue weighted by molar-refractivity contribution is 0.121. The van der Waals surface area contributed by atoms with Crippen molar-refractivity contribution in [3.63, 3.8) is 0 Å². The Balaban J connectivity index is 0.000000251. The van der Waals surface area contributed by atoms with Gasteiger partial charge in [-0.1, -0.05) is 18.2 Å². The van der Waals surface area contributed by atoms with Gasteiger partial charge in [0.2, 0.25) is 0 Å². The highest BCUT2D eigenvalue weighted by Gasteiger charge is 2.07. The van der Waals surface area contributed by atoms with E-state index >= 15 is 0 Å². The zero-order chi connectivity index (χ0) is 18.7. The van der Waals surface area contributed by atoms with Crippen molar-refractivity contribution >= 4 is 31.9 Å². The van der Waals surface area contributed by atoms with Crippen LogP contribution in [-0.4, -0.2) is 20.3 Å². The van der Waals surface area contributed by atoms with Crippen LogP contribution in [0.25, 0.3) is 0 Å². The van der Waals surface area contributed by atoms with E-state index in [1.54, 1.807) is 7.11 Å². The Hall–Kier alpha value is -1.28. The predicted molar refractivity (Wildman–Crippen MR) is 106 cm³/mol. The van der Waals surface area contributed by atoms with Crippen molar-refractivity contribution in [3.8, 4) is 17.2 Å². The molecule has 0 saturated carbocycles. The Labute approximate surface area is 165 Å². The molecule has 0 heterocycles. The SMILES string of the molecule is CCOc1c(Br)cccc1CON.CCOc1c(Br)cccc1OC. The van der Waals surface area contributed by atoms with Gasteiger partial charge in [-0.05, 0) is 63.9 Å². The molecule has 0 saturated heterocycles. The Bertz CT molecular complexity index is 653. The third kappa shape index (κ3) is 6.86. The minimum atomic E-state index is 0.356. The minimum absolute atomic E-state index is 0.356. The highest BCUT2D eigenvalue weighted by atomic mass is 79.9. The normalized spacial score (nSPS) is 9.84. The fourth-order valence-electron chi connectivity index (χ4n) is 2.00. The van der Waals surface area contributed by atoms with Gasteiger partial charge in [0.05, 0.1) is 35.9 Å². The van der Waals surface area contributed by atoms with Crippen LogP contribution in [0, 0.1) is 0 Å². The van der Waals surface area contributed by atoms with Crippen LogP contribution < -0.4 is 20.1 Å². The zero-order valence-electron chi connectivity index (χ0n) is 14.6. The molecule has 0 atom stereocenters. The van der Waals surface area contributed by atoms with E-state index in [0.29, 0.717) is 19.8 Å². The molecule has 2 aromatic carbocycles. The maximum Gasteiger partial charge on any atom is 0.175 e. The van der Waals surface area contributed by atoms with Crippen molar-refractivity contribution in [1.29, 1.82) is 0 Å². The largest absolute Gasteiger partial charge is 0.493 e. The van der Waals surface area contributed by atoms with Gasteiger partial charge in [-0.25, -0.2) is 5.90 Å². The molecular formula is C18H23Br2NO4. The summed E-state index contributed by atoms with van der Waals surface area (Å²) in [6.45, 7) is 5.50. The average Bonchev–Trinajstić information content (AvgIpc) is 2.61. The number of benzene rings is 2. The number of methoxy groups -OCH3 is 1. The Morgan fingerprint density at radius 2 is 1.44 bits per heavy atom. The smallest absolute Gasteiger partial charge is 0.175 e. The van der Waals surface area contributed by atoms with Gasteiger partial charge in [0.25, 0.3) is 0 Å². The summed E-state index contributed by atoms with van der Waals surface area (Å²) in [5, 5.41) is 0. The summed E-state index contributed by atoms with van der Waals surface area (Å²) in [7, 11) is 1.63. The third-order valence-corrected chi connectivity index (χ3v) is 4.26. The van der Waals surface area contributed by atoms with Crippen LogP contribution in [0.5, 0.6) is 17.2 Å². The van der Waals surface area contributed by atoms with Gasteiger partial charge in [-0.2, -0.15) is 0 Å². The number of rotatable bonds is 7. The van der Waals surface area contributed by atoms with Crippen molar-refractivity contribution < 1.29 is 19.0 Å². The van der Waals surface area contributed by atoms with E-state index in [0.717, 1.165) is 31.8 Å². The van der Waals surface area contributed by atoms with E-state index in [-0.39, 0.29) is 0 Å². The number of para-hydroxylation sites is 2. The average molecular weight is 477 g/mol. The minimum Gasteiger partial charge on any atom is -0.493 e. The molecule has 0 spiro atoms. The quantitative estimate of drug-likeness (QED) is 0.563. The van der Waals surface area contributed by atoms with E-state index < -0.39 is 0 Å². The topological polar surface area (TPSA) is 62.9 Å². The number of ether oxygens (including phenoxy) is 3. The first-order valence-corrected chi connectivity index (χ1v) is 9.34. The molecule has 7 heteroatoms. The number of hydrogen-bond donors (Lipinski definition) is 1. The second-order valence-electron chi connectivity index (χ2n) is 4.68. The number of hydrogen-bond acceptors (Lipinski definition) is 5. The van der Waals surface area contributed by atoms with Crippen LogP contribution in [0.4, 0.5) is 0 Å². The maximum absolute atomic E-state index is 5.44. The summed E-state index contributed by atoms with van der Waals surface area (Å²) < 4.78 is 17.8. The lowest BCUT2D eigenvalue weighted by atomic mass is 10.2. The van der Waals surface area contributed by atoms with Crippen LogP contribution in [-0.2, 0) is 11.4 Å². The van der Waals surface area contributed by atoms with Crippen LogP contribution in [0.1, 0.15) is 19.4 Å². The molecule has 0 aliphatic rings. The lowest BCUT2D eigenvalue weighted by Gasteiger charge is -2.10. The Kier molecular flexibility index (Phi) is 10.6. The number of nitrogens with two attached hydrogens (primary N) is 1. The zero-order valence-corrected chi connectivity index (χ0v) is 17.7. The molecule has 2 N–H and O–H groups in total. The lowest BCUT2D eigenvalue weighted by Crippen LogP contribution is -2.03. The van der Waals surface area contributed by atoms with Crippen LogP contribution >= 0.6 is 31.9 Å². The molecule has 0 unspecified atom stereocenters. The van der Waals surface area contributed by atoms with Gasteiger partial charge in [0.15, 0.2) is 11.5 Å². The van der Waals surface area contributed by atoms with Gasteiger partial charge in [0, 0.05) is 5.56 Å². The second-order valence-corrected chi connectivity index (χ2v) is 6.39. The third-order valence-electron chi connectivity index (χ3n) is 3.02. The molecule has 0 aliphatic carbocycles. The highest BCUT2D eigenvalue weighted by molar-refractivity contribution is 9.10. The molecule has 0 bridgehead atoms. The molecule has 2 rings (SSSR count). The molecule has 138 valence electrons. The van der Waals surface area contributed by atoms with Gasteiger partial charge in [0.1, 0.15) is 5.75 Å². The number of halogens is 2. The second kappa shape index (κ2) is 12.1. The monoisotopic (exact) mass is 475 g/mol. The van der Waals surface area contributed by atoms with Crippen molar-refractivity contribution in [2.24, 2.45) is 5.90 Å². The highest BCUT2D eigenvalue weighted by Crippen LogP contribution is 2.34. The Morgan fingerprint density at radius 3 is 2.00 bits per heavy atom. The maximum atomic E-state index is 5.44. The van der Waals surface area contributed by atoms with Gasteiger partial charge in [-0.15, -0.1) is 0 Å².